The number of nitrogens with two attached hydrogens (primary N) is 1. The molecule has 0 amide bonds. The zero-order chi connectivity index (χ0) is 11.0. The first-order chi connectivity index (χ1) is 7.11. The average Bonchev–Trinajstić information content (AvgIpc) is 2.20. The summed E-state index contributed by atoms with van der Waals surface area (Å²) in [7, 11) is 3.47. The Bertz CT molecular complexity index is 573. The first-order valence-corrected chi connectivity index (χ1v) is 4.24. The minimum absolute atomic E-state index is 0.223. The van der Waals surface area contributed by atoms with Crippen molar-refractivity contribution in [2.24, 2.45) is 0 Å². The molecule has 0 aliphatic heterocycles. The van der Waals surface area contributed by atoms with Crippen LogP contribution in [0.3, 0.4) is 0 Å². The quantitative estimate of drug-likeness (QED) is 0.354. The molecular weight excluding hydrogens is 198 g/mol. The molecule has 2 rings (SSSR count). The number of phenolic OH excluding ortho intramolecular Hbond substituents is 2. The number of hydrogen-bond donors (Lipinski definition) is 3. The van der Waals surface area contributed by atoms with Gasteiger partial charge in [-0.25, -0.2) is 4.79 Å². The number of phenols is 2. The number of aromatic hydroxyl groups is 2. The van der Waals surface area contributed by atoms with Gasteiger partial charge in [-0.15, -0.1) is 7.05 Å². The fraction of sp³-hybridized carbons (Fsp3) is 0. The molecule has 0 aliphatic carbocycles. The highest BCUT2D eigenvalue weighted by molar-refractivity contribution is 5.82. The largest absolute Gasteiger partial charge is 0.504 e. The number of rotatable bonds is 1. The van der Waals surface area contributed by atoms with Crippen LogP contribution in [0.2, 0.25) is 0 Å². The Morgan fingerprint density at radius 1 is 1.20 bits per heavy atom. The van der Waals surface area contributed by atoms with Gasteiger partial charge in [-0.1, -0.05) is 0 Å². The Morgan fingerprint density at radius 2 is 1.87 bits per heavy atom. The molecule has 0 unspecified atom stereocenters. The van der Waals surface area contributed by atoms with Gasteiger partial charge in [0.15, 0.2) is 17.2 Å². The monoisotopic (exact) mass is 207 g/mol. The zero-order valence-corrected chi connectivity index (χ0v) is 7.73. The third kappa shape index (κ3) is 1.53. The second-order valence-corrected chi connectivity index (χ2v) is 3.07. The summed E-state index contributed by atoms with van der Waals surface area (Å²) >= 11 is 0. The van der Waals surface area contributed by atoms with Crippen LogP contribution >= 0.6 is 0 Å². The van der Waals surface area contributed by atoms with E-state index in [1.807, 2.05) is 0 Å². The molecule has 0 spiro atoms. The molecule has 1 heterocycles. The van der Waals surface area contributed by atoms with Gasteiger partial charge in [0.05, 0.1) is 0 Å². The molecule has 0 atom stereocenters. The van der Waals surface area contributed by atoms with Crippen LogP contribution < -0.4 is 10.9 Å². The molecule has 0 radical (unpaired) electrons. The second kappa shape index (κ2) is 3.29. The van der Waals surface area contributed by atoms with E-state index in [1.54, 1.807) is 0 Å². The predicted molar refractivity (Wildman–Crippen MR) is 52.8 cm³/mol. The van der Waals surface area contributed by atoms with Gasteiger partial charge in [-0.2, -0.15) is 0 Å². The van der Waals surface area contributed by atoms with Gasteiger partial charge in [0, 0.05) is 17.5 Å². The van der Waals surface area contributed by atoms with Crippen molar-refractivity contribution in [2.75, 3.05) is 0 Å². The first kappa shape index (κ1) is 9.54. The highest BCUT2D eigenvalue weighted by atomic mass is 16.4. The summed E-state index contributed by atoms with van der Waals surface area (Å²) in [5, 5.41) is 20.4. The Hall–Kier alpha value is -2.01. The third-order valence-electron chi connectivity index (χ3n) is 2.08. The lowest BCUT2D eigenvalue weighted by molar-refractivity contribution is -0.506. The van der Waals surface area contributed by atoms with Crippen molar-refractivity contribution in [3.8, 4) is 11.5 Å². The van der Waals surface area contributed by atoms with E-state index in [9.17, 15) is 15.0 Å². The van der Waals surface area contributed by atoms with Crippen LogP contribution in [-0.2, 0) is 0 Å². The molecule has 0 bridgehead atoms. The van der Waals surface area contributed by atoms with Crippen LogP contribution in [0.4, 0.5) is 5.69 Å². The summed E-state index contributed by atoms with van der Waals surface area (Å²) in [4.78, 5) is 11.3. The SMILES string of the molecule is [CH2-][NH2+]c1cc2cc(O)c(O)cc2oc1=O. The Morgan fingerprint density at radius 3 is 2.53 bits per heavy atom. The lowest BCUT2D eigenvalue weighted by Crippen LogP contribution is -2.71. The number of quaternary nitrogens is 1. The third-order valence-corrected chi connectivity index (χ3v) is 2.08. The maximum Gasteiger partial charge on any atom is 0.395 e. The van der Waals surface area contributed by atoms with E-state index in [0.717, 1.165) is 0 Å². The molecular formula is C10H9NO4. The number of fused-ring (bicyclic) bond motifs is 1. The summed E-state index contributed by atoms with van der Waals surface area (Å²) in [6.07, 6.45) is 0. The molecule has 0 saturated heterocycles. The van der Waals surface area contributed by atoms with E-state index in [2.05, 4.69) is 7.05 Å². The van der Waals surface area contributed by atoms with Crippen molar-refractivity contribution >= 4 is 16.7 Å². The average molecular weight is 207 g/mol. The molecule has 1 aromatic heterocycles. The van der Waals surface area contributed by atoms with E-state index >= 15 is 0 Å². The molecule has 2 aromatic rings. The second-order valence-electron chi connectivity index (χ2n) is 3.07. The summed E-state index contributed by atoms with van der Waals surface area (Å²) in [6, 6.07) is 4.05. The van der Waals surface area contributed by atoms with Gasteiger partial charge in [0.25, 0.3) is 0 Å². The maximum atomic E-state index is 11.3. The first-order valence-electron chi connectivity index (χ1n) is 4.24. The zero-order valence-electron chi connectivity index (χ0n) is 7.73. The van der Waals surface area contributed by atoms with Gasteiger partial charge in [0.2, 0.25) is 0 Å². The summed E-state index contributed by atoms with van der Waals surface area (Å²) in [5.74, 6) is -0.580. The van der Waals surface area contributed by atoms with Crippen LogP contribution in [0.25, 0.3) is 11.0 Å². The van der Waals surface area contributed by atoms with Gasteiger partial charge >= 0.3 is 5.63 Å². The van der Waals surface area contributed by atoms with E-state index in [1.165, 1.54) is 23.5 Å². The minimum Gasteiger partial charge on any atom is -0.504 e. The molecule has 5 heteroatoms. The Kier molecular flexibility index (Phi) is 2.09. The molecule has 1 aromatic carbocycles. The smallest absolute Gasteiger partial charge is 0.395 e. The van der Waals surface area contributed by atoms with E-state index in [0.29, 0.717) is 11.1 Å². The van der Waals surface area contributed by atoms with E-state index in [4.69, 9.17) is 4.42 Å². The van der Waals surface area contributed by atoms with Crippen molar-refractivity contribution in [3.63, 3.8) is 0 Å². The highest BCUT2D eigenvalue weighted by Crippen LogP contribution is 2.29. The van der Waals surface area contributed by atoms with Crippen molar-refractivity contribution < 1.29 is 19.9 Å². The summed E-state index contributed by atoms with van der Waals surface area (Å²) in [6.45, 7) is 0. The van der Waals surface area contributed by atoms with Crippen LogP contribution in [0, 0.1) is 7.05 Å². The Balaban J connectivity index is 2.82. The normalized spacial score (nSPS) is 10.7. The van der Waals surface area contributed by atoms with Crippen LogP contribution in [0.15, 0.2) is 27.4 Å². The van der Waals surface area contributed by atoms with E-state index in [-0.39, 0.29) is 17.1 Å². The molecule has 4 N–H and O–H groups in total. The molecule has 5 nitrogen and oxygen atoms in total. The summed E-state index contributed by atoms with van der Waals surface area (Å²) in [5.41, 5.74) is 0.0103. The highest BCUT2D eigenvalue weighted by Gasteiger charge is 2.08. The number of hydrogen-bond acceptors (Lipinski definition) is 4. The van der Waals surface area contributed by atoms with E-state index < -0.39 is 5.63 Å². The van der Waals surface area contributed by atoms with Crippen molar-refractivity contribution in [2.45, 2.75) is 0 Å². The summed E-state index contributed by atoms with van der Waals surface area (Å²) < 4.78 is 4.92. The molecule has 15 heavy (non-hydrogen) atoms. The van der Waals surface area contributed by atoms with Crippen molar-refractivity contribution in [3.05, 3.63) is 35.7 Å². The van der Waals surface area contributed by atoms with Gasteiger partial charge in [-0.05, 0) is 6.07 Å². The predicted octanol–water partition coefficient (Wildman–Crippen LogP) is 0.191. The topological polar surface area (TPSA) is 87.3 Å². The van der Waals surface area contributed by atoms with Gasteiger partial charge in [0.1, 0.15) is 5.58 Å². The van der Waals surface area contributed by atoms with Crippen molar-refractivity contribution in [1.29, 1.82) is 0 Å². The molecule has 0 fully saturated rings. The van der Waals surface area contributed by atoms with Crippen LogP contribution in [0.5, 0.6) is 11.5 Å². The maximum absolute atomic E-state index is 11.3. The fourth-order valence-corrected chi connectivity index (χ4v) is 1.30. The number of benzene rings is 1. The molecule has 0 aliphatic rings. The lowest BCUT2D eigenvalue weighted by Gasteiger charge is -2.02. The van der Waals surface area contributed by atoms with Crippen LogP contribution in [0.1, 0.15) is 0 Å². The van der Waals surface area contributed by atoms with Crippen LogP contribution in [-0.4, -0.2) is 10.2 Å². The van der Waals surface area contributed by atoms with Gasteiger partial charge in [-0.3, -0.25) is 0 Å². The lowest BCUT2D eigenvalue weighted by atomic mass is 10.2. The molecule has 78 valence electrons. The van der Waals surface area contributed by atoms with Gasteiger partial charge < -0.3 is 19.9 Å². The van der Waals surface area contributed by atoms with Crippen molar-refractivity contribution in [1.82, 2.24) is 0 Å². The molecule has 0 saturated carbocycles. The Labute approximate surface area is 84.6 Å². The minimum atomic E-state index is -0.525. The standard InChI is InChI=1S/C10H9NO4/c1-11-6-2-5-3-7(12)8(13)4-9(5)15-10(6)14/h2-4,12-13H,1,11H2. The fourth-order valence-electron chi connectivity index (χ4n) is 1.30.